The Morgan fingerprint density at radius 2 is 1.72 bits per heavy atom. The lowest BCUT2D eigenvalue weighted by Crippen LogP contribution is -2.11. The lowest BCUT2D eigenvalue weighted by molar-refractivity contribution is -0.111. The first-order chi connectivity index (χ1) is 13.9. The van der Waals surface area contributed by atoms with Gasteiger partial charge in [0.1, 0.15) is 5.82 Å². The molecule has 0 atom stereocenters. The van der Waals surface area contributed by atoms with Gasteiger partial charge in [-0.1, -0.05) is 6.07 Å². The molecule has 2 heterocycles. The number of nitrogens with one attached hydrogen (secondary N) is 1. The third kappa shape index (κ3) is 5.05. The van der Waals surface area contributed by atoms with Crippen LogP contribution in [0, 0.1) is 0 Å². The lowest BCUT2D eigenvalue weighted by atomic mass is 10.2. The van der Waals surface area contributed by atoms with Crippen LogP contribution in [-0.2, 0) is 14.6 Å². The molecule has 3 aromatic rings. The van der Waals surface area contributed by atoms with Crippen LogP contribution in [0.2, 0.25) is 0 Å². The highest BCUT2D eigenvalue weighted by Crippen LogP contribution is 2.23. The van der Waals surface area contributed by atoms with E-state index in [9.17, 15) is 13.2 Å². The summed E-state index contributed by atoms with van der Waals surface area (Å²) in [7, 11) is -0.0299. The average Bonchev–Trinajstić information content (AvgIpc) is 2.73. The van der Waals surface area contributed by atoms with Crippen molar-refractivity contribution in [3.05, 3.63) is 78.8 Å². The summed E-state index contributed by atoms with van der Waals surface area (Å²) in [5.41, 5.74) is 1.30. The molecule has 1 amide bonds. The SMILES string of the molecule is CN(C)c1ccc(S(=O)(=O)c2ccc(NC(=O)C=Cc3cccnc3)cc2)cn1. The van der Waals surface area contributed by atoms with Crippen LogP contribution in [0.15, 0.2) is 83.0 Å². The van der Waals surface area contributed by atoms with E-state index in [0.29, 0.717) is 11.5 Å². The molecule has 0 aliphatic heterocycles. The van der Waals surface area contributed by atoms with Gasteiger partial charge in [0.25, 0.3) is 0 Å². The van der Waals surface area contributed by atoms with Crippen LogP contribution >= 0.6 is 0 Å². The number of aromatic nitrogens is 2. The summed E-state index contributed by atoms with van der Waals surface area (Å²) in [5.74, 6) is 0.342. The van der Waals surface area contributed by atoms with Gasteiger partial charge in [0, 0.05) is 44.4 Å². The summed E-state index contributed by atoms with van der Waals surface area (Å²) in [5, 5.41) is 2.69. The van der Waals surface area contributed by atoms with Crippen LogP contribution in [0.3, 0.4) is 0 Å². The summed E-state index contributed by atoms with van der Waals surface area (Å²) in [6, 6.07) is 12.8. The number of anilines is 2. The van der Waals surface area contributed by atoms with Gasteiger partial charge in [0.2, 0.25) is 15.7 Å². The van der Waals surface area contributed by atoms with Crippen LogP contribution in [0.25, 0.3) is 6.08 Å². The Morgan fingerprint density at radius 3 is 2.31 bits per heavy atom. The highest BCUT2D eigenvalue weighted by molar-refractivity contribution is 7.91. The van der Waals surface area contributed by atoms with E-state index in [-0.39, 0.29) is 15.7 Å². The summed E-state index contributed by atoms with van der Waals surface area (Å²) in [6.07, 6.45) is 7.66. The zero-order valence-electron chi connectivity index (χ0n) is 16.0. The maximum atomic E-state index is 12.7. The Kier molecular flexibility index (Phi) is 6.04. The number of pyridine rings is 2. The number of hydrogen-bond acceptors (Lipinski definition) is 6. The summed E-state index contributed by atoms with van der Waals surface area (Å²) >= 11 is 0. The minimum absolute atomic E-state index is 0.110. The van der Waals surface area contributed by atoms with Crippen molar-refractivity contribution >= 4 is 33.3 Å². The largest absolute Gasteiger partial charge is 0.363 e. The van der Waals surface area contributed by atoms with Crippen molar-refractivity contribution in [2.24, 2.45) is 0 Å². The van der Waals surface area contributed by atoms with E-state index in [1.165, 1.54) is 30.5 Å². The second kappa shape index (κ2) is 8.66. The highest BCUT2D eigenvalue weighted by atomic mass is 32.2. The minimum Gasteiger partial charge on any atom is -0.363 e. The summed E-state index contributed by atoms with van der Waals surface area (Å²) < 4.78 is 25.5. The molecule has 29 heavy (non-hydrogen) atoms. The molecule has 148 valence electrons. The molecule has 1 aromatic carbocycles. The number of amides is 1. The number of benzene rings is 1. The Labute approximate surface area is 169 Å². The van der Waals surface area contributed by atoms with E-state index in [2.05, 4.69) is 15.3 Å². The maximum Gasteiger partial charge on any atom is 0.248 e. The lowest BCUT2D eigenvalue weighted by Gasteiger charge is -2.11. The Bertz CT molecular complexity index is 1110. The first-order valence-corrected chi connectivity index (χ1v) is 10.2. The molecule has 0 spiro atoms. The normalized spacial score (nSPS) is 11.4. The number of carbonyl (C=O) groups excluding carboxylic acids is 1. The standard InChI is InChI=1S/C21H20N4O3S/c1-25(2)20-11-10-19(15-23-20)29(27,28)18-8-6-17(7-9-18)24-21(26)12-5-16-4-3-13-22-14-16/h3-15H,1-2H3,(H,24,26). The van der Waals surface area contributed by atoms with E-state index >= 15 is 0 Å². The van der Waals surface area contributed by atoms with Crippen molar-refractivity contribution in [2.75, 3.05) is 24.3 Å². The van der Waals surface area contributed by atoms with E-state index in [1.54, 1.807) is 47.6 Å². The number of rotatable bonds is 6. The predicted octanol–water partition coefficient (Wildman–Crippen LogP) is 3.03. The highest BCUT2D eigenvalue weighted by Gasteiger charge is 2.18. The monoisotopic (exact) mass is 408 g/mol. The quantitative estimate of drug-likeness (QED) is 0.631. The van der Waals surface area contributed by atoms with Crippen molar-refractivity contribution in [3.8, 4) is 0 Å². The molecule has 0 unspecified atom stereocenters. The second-order valence-electron chi connectivity index (χ2n) is 6.38. The fraction of sp³-hybridized carbons (Fsp3) is 0.0952. The van der Waals surface area contributed by atoms with Crippen LogP contribution < -0.4 is 10.2 Å². The van der Waals surface area contributed by atoms with Gasteiger partial charge in [-0.2, -0.15) is 0 Å². The molecule has 3 rings (SSSR count). The fourth-order valence-corrected chi connectivity index (χ4v) is 3.69. The van der Waals surface area contributed by atoms with Gasteiger partial charge in [0.05, 0.1) is 9.79 Å². The first-order valence-electron chi connectivity index (χ1n) is 8.74. The average molecular weight is 408 g/mol. The smallest absolute Gasteiger partial charge is 0.248 e. The van der Waals surface area contributed by atoms with Crippen LogP contribution in [0.4, 0.5) is 11.5 Å². The van der Waals surface area contributed by atoms with Crippen molar-refractivity contribution < 1.29 is 13.2 Å². The van der Waals surface area contributed by atoms with Gasteiger partial charge in [-0.3, -0.25) is 9.78 Å². The Balaban J connectivity index is 1.70. The van der Waals surface area contributed by atoms with Crippen LogP contribution in [0.1, 0.15) is 5.56 Å². The molecule has 8 heteroatoms. The van der Waals surface area contributed by atoms with Crippen molar-refractivity contribution in [1.82, 2.24) is 9.97 Å². The molecule has 0 aliphatic rings. The Hall–Kier alpha value is -3.52. The zero-order chi connectivity index (χ0) is 20.9. The van der Waals surface area contributed by atoms with Crippen molar-refractivity contribution in [2.45, 2.75) is 9.79 Å². The predicted molar refractivity (Wildman–Crippen MR) is 112 cm³/mol. The van der Waals surface area contributed by atoms with E-state index < -0.39 is 9.84 Å². The molecule has 7 nitrogen and oxygen atoms in total. The summed E-state index contributed by atoms with van der Waals surface area (Å²) in [4.78, 5) is 22.2. The molecule has 0 saturated heterocycles. The van der Waals surface area contributed by atoms with E-state index in [1.807, 2.05) is 20.2 Å². The van der Waals surface area contributed by atoms with Gasteiger partial charge < -0.3 is 10.2 Å². The summed E-state index contributed by atoms with van der Waals surface area (Å²) in [6.45, 7) is 0. The molecule has 0 bridgehead atoms. The second-order valence-corrected chi connectivity index (χ2v) is 8.33. The minimum atomic E-state index is -3.69. The first kappa shape index (κ1) is 20.2. The zero-order valence-corrected chi connectivity index (χ0v) is 16.8. The van der Waals surface area contributed by atoms with Crippen molar-refractivity contribution in [1.29, 1.82) is 0 Å². The maximum absolute atomic E-state index is 12.7. The number of carbonyl (C=O) groups is 1. The number of hydrogen-bond donors (Lipinski definition) is 1. The topological polar surface area (TPSA) is 92.3 Å². The van der Waals surface area contributed by atoms with E-state index in [0.717, 1.165) is 5.56 Å². The van der Waals surface area contributed by atoms with Gasteiger partial charge in [0.15, 0.2) is 0 Å². The molecule has 1 N–H and O–H groups in total. The molecule has 0 aliphatic carbocycles. The van der Waals surface area contributed by atoms with E-state index in [4.69, 9.17) is 0 Å². The van der Waals surface area contributed by atoms with Gasteiger partial charge in [-0.05, 0) is 54.1 Å². The third-order valence-corrected chi connectivity index (χ3v) is 5.79. The van der Waals surface area contributed by atoms with Crippen LogP contribution in [0.5, 0.6) is 0 Å². The molecular formula is C21H20N4O3S. The molecule has 0 fully saturated rings. The van der Waals surface area contributed by atoms with Gasteiger partial charge in [-0.15, -0.1) is 0 Å². The fourth-order valence-electron chi connectivity index (χ4n) is 2.48. The number of nitrogens with zero attached hydrogens (tertiary/aromatic N) is 3. The third-order valence-electron chi connectivity index (χ3n) is 4.03. The Morgan fingerprint density at radius 1 is 1.00 bits per heavy atom. The molecule has 0 saturated carbocycles. The molecular weight excluding hydrogens is 388 g/mol. The molecule has 0 radical (unpaired) electrons. The van der Waals surface area contributed by atoms with Gasteiger partial charge in [-0.25, -0.2) is 13.4 Å². The van der Waals surface area contributed by atoms with Crippen molar-refractivity contribution in [3.63, 3.8) is 0 Å². The van der Waals surface area contributed by atoms with Crippen LogP contribution in [-0.4, -0.2) is 38.4 Å². The van der Waals surface area contributed by atoms with Gasteiger partial charge >= 0.3 is 0 Å². The number of sulfone groups is 1. The molecule has 2 aromatic heterocycles.